The van der Waals surface area contributed by atoms with Crippen LogP contribution in [-0.4, -0.2) is 25.4 Å². The number of hydrogen-bond donors (Lipinski definition) is 0. The van der Waals surface area contributed by atoms with Crippen LogP contribution in [0.4, 0.5) is 0 Å². The third-order valence-electron chi connectivity index (χ3n) is 0.623. The van der Waals surface area contributed by atoms with E-state index in [2.05, 4.69) is 21.3 Å². The van der Waals surface area contributed by atoms with Gasteiger partial charge in [-0.05, 0) is 0 Å². The zero-order valence-electron chi connectivity index (χ0n) is 3.50. The summed E-state index contributed by atoms with van der Waals surface area (Å²) in [5, 5.41) is 0. The van der Waals surface area contributed by atoms with E-state index < -0.39 is 0 Å². The molecule has 4 heteroatoms. The predicted octanol–water partition coefficient (Wildman–Crippen LogP) is -0.321. The zero-order chi connectivity index (χ0) is 5.28. The molecule has 1 aromatic rings. The molecule has 1 aromatic heterocycles. The molecule has 0 aliphatic heterocycles. The highest BCUT2D eigenvalue weighted by molar-refractivity contribution is 6.33. The van der Waals surface area contributed by atoms with Crippen molar-refractivity contribution in [3.63, 3.8) is 0 Å². The SMILES string of the molecule is [Al][c]1nccn1Cl. The first-order valence-corrected chi connectivity index (χ1v) is 2.67. The Kier molecular flexibility index (Phi) is 1.38. The summed E-state index contributed by atoms with van der Waals surface area (Å²) < 4.78 is 2.15. The third-order valence-corrected chi connectivity index (χ3v) is 1.50. The molecule has 0 bridgehead atoms. The van der Waals surface area contributed by atoms with Gasteiger partial charge < -0.3 is 0 Å². The molecule has 0 aliphatic carbocycles. The topological polar surface area (TPSA) is 17.8 Å². The van der Waals surface area contributed by atoms with Crippen molar-refractivity contribution in [2.75, 3.05) is 0 Å². The number of aromatic nitrogens is 2. The molecule has 0 N–H and O–H groups in total. The summed E-state index contributed by atoms with van der Waals surface area (Å²) in [5.74, 6) is 0. The molecular weight excluding hydrogens is 126 g/mol. The first-order chi connectivity index (χ1) is 3.30. The molecule has 0 aromatic carbocycles. The van der Waals surface area contributed by atoms with Gasteiger partial charge in [-0.15, -0.1) is 0 Å². The lowest BCUT2D eigenvalue weighted by molar-refractivity contribution is 1.29. The molecule has 0 atom stereocenters. The fraction of sp³-hybridized carbons (Fsp3) is 0. The molecule has 2 radical (unpaired) electrons. The van der Waals surface area contributed by atoms with Crippen molar-refractivity contribution in [1.82, 2.24) is 9.07 Å². The molecule has 0 saturated heterocycles. The number of nitrogens with zero attached hydrogens (tertiary/aromatic N) is 2. The molecule has 0 spiro atoms. The van der Waals surface area contributed by atoms with Crippen molar-refractivity contribution in [1.29, 1.82) is 0 Å². The Labute approximate surface area is 54.6 Å². The van der Waals surface area contributed by atoms with Crippen molar-refractivity contribution < 1.29 is 0 Å². The molecular formula is C3H2AlClN2. The quantitative estimate of drug-likeness (QED) is 0.438. The van der Waals surface area contributed by atoms with Crippen LogP contribution >= 0.6 is 11.8 Å². The fourth-order valence-corrected chi connectivity index (χ4v) is 0.566. The van der Waals surface area contributed by atoms with Gasteiger partial charge in [0.25, 0.3) is 0 Å². The van der Waals surface area contributed by atoms with Crippen LogP contribution < -0.4 is 4.69 Å². The van der Waals surface area contributed by atoms with Crippen LogP contribution in [0.1, 0.15) is 0 Å². The Hall–Kier alpha value is 0.0325. The third kappa shape index (κ3) is 0.975. The second kappa shape index (κ2) is 1.87. The number of hydrogen-bond acceptors (Lipinski definition) is 1. The minimum Gasteiger partial charge on any atom is -0.266 e. The van der Waals surface area contributed by atoms with E-state index in [9.17, 15) is 0 Å². The van der Waals surface area contributed by atoms with Crippen LogP contribution in [0, 0.1) is 0 Å². The van der Waals surface area contributed by atoms with Crippen LogP contribution in [0.2, 0.25) is 0 Å². The minimum atomic E-state index is 0.738. The Morgan fingerprint density at radius 1 is 1.86 bits per heavy atom. The highest BCUT2D eigenvalue weighted by atomic mass is 35.5. The molecule has 1 heterocycles. The Bertz CT molecular complexity index is 145. The largest absolute Gasteiger partial charge is 0.266 e. The molecule has 34 valence electrons. The van der Waals surface area contributed by atoms with Gasteiger partial charge in [0.05, 0.1) is 0 Å². The van der Waals surface area contributed by atoms with Crippen molar-refractivity contribution in [3.05, 3.63) is 12.4 Å². The monoisotopic (exact) mass is 128 g/mol. The first-order valence-electron chi connectivity index (χ1n) is 1.75. The van der Waals surface area contributed by atoms with Gasteiger partial charge in [-0.3, -0.25) is 9.07 Å². The molecule has 0 fully saturated rings. The van der Waals surface area contributed by atoms with Gasteiger partial charge in [0, 0.05) is 28.9 Å². The van der Waals surface area contributed by atoms with E-state index in [1.165, 1.54) is 4.09 Å². The summed E-state index contributed by atoms with van der Waals surface area (Å²) in [5.41, 5.74) is 0. The van der Waals surface area contributed by atoms with Gasteiger partial charge in [-0.2, -0.15) is 0 Å². The Morgan fingerprint density at radius 2 is 2.57 bits per heavy atom. The van der Waals surface area contributed by atoms with Crippen LogP contribution in [0.25, 0.3) is 0 Å². The summed E-state index contributed by atoms with van der Waals surface area (Å²) >= 11 is 7.85. The molecule has 7 heavy (non-hydrogen) atoms. The van der Waals surface area contributed by atoms with Crippen LogP contribution in [0.3, 0.4) is 0 Å². The van der Waals surface area contributed by atoms with Gasteiger partial charge in [0.2, 0.25) is 16.3 Å². The van der Waals surface area contributed by atoms with Crippen LogP contribution in [0.15, 0.2) is 12.4 Å². The summed E-state index contributed by atoms with van der Waals surface area (Å²) in [6.07, 6.45) is 3.30. The van der Waals surface area contributed by atoms with Gasteiger partial charge in [-0.25, -0.2) is 0 Å². The van der Waals surface area contributed by atoms with E-state index in [4.69, 9.17) is 11.8 Å². The lowest BCUT2D eigenvalue weighted by Gasteiger charge is -1.85. The van der Waals surface area contributed by atoms with E-state index in [-0.39, 0.29) is 0 Å². The lowest BCUT2D eigenvalue weighted by atomic mass is 11.0. The fourth-order valence-electron chi connectivity index (χ4n) is 0.300. The maximum Gasteiger partial charge on any atom is 0.243 e. The standard InChI is InChI=1S/C3H2ClN2.Al/c4-6-2-1-5-3-6;/h1-2H;. The van der Waals surface area contributed by atoms with Crippen molar-refractivity contribution in [2.45, 2.75) is 0 Å². The van der Waals surface area contributed by atoms with Gasteiger partial charge in [0.15, 0.2) is 0 Å². The number of rotatable bonds is 0. The molecule has 0 amide bonds. The van der Waals surface area contributed by atoms with Crippen LogP contribution in [-0.2, 0) is 0 Å². The molecule has 0 saturated carbocycles. The van der Waals surface area contributed by atoms with E-state index in [1.807, 2.05) is 0 Å². The highest BCUT2D eigenvalue weighted by Gasteiger charge is 1.85. The number of imidazole rings is 1. The van der Waals surface area contributed by atoms with Crippen molar-refractivity contribution in [3.8, 4) is 0 Å². The van der Waals surface area contributed by atoms with E-state index >= 15 is 0 Å². The minimum absolute atomic E-state index is 0.738. The van der Waals surface area contributed by atoms with E-state index in [0.29, 0.717) is 0 Å². The van der Waals surface area contributed by atoms with Crippen molar-refractivity contribution >= 4 is 32.8 Å². The Balaban J connectivity index is 3.12. The van der Waals surface area contributed by atoms with E-state index in [1.54, 1.807) is 12.4 Å². The average Bonchev–Trinajstić information content (AvgIpc) is 1.91. The average molecular weight is 128 g/mol. The molecule has 1 rings (SSSR count). The second-order valence-electron chi connectivity index (χ2n) is 1.10. The van der Waals surface area contributed by atoms with Gasteiger partial charge >= 0.3 is 0 Å². The first kappa shape index (κ1) is 5.17. The summed E-state index contributed by atoms with van der Waals surface area (Å²) in [4.78, 5) is 3.81. The number of halogens is 1. The van der Waals surface area contributed by atoms with Gasteiger partial charge in [-0.1, -0.05) is 0 Å². The maximum absolute atomic E-state index is 5.46. The van der Waals surface area contributed by atoms with Crippen LogP contribution in [0.5, 0.6) is 0 Å². The second-order valence-corrected chi connectivity index (χ2v) is 1.98. The van der Waals surface area contributed by atoms with E-state index in [0.717, 1.165) is 4.69 Å². The maximum atomic E-state index is 5.46. The smallest absolute Gasteiger partial charge is 0.243 e. The zero-order valence-corrected chi connectivity index (χ0v) is 5.42. The molecule has 0 aliphatic rings. The lowest BCUT2D eigenvalue weighted by Crippen LogP contribution is -2.10. The normalized spacial score (nSPS) is 9.29. The summed E-state index contributed by atoms with van der Waals surface area (Å²) in [6, 6.07) is 0. The highest BCUT2D eigenvalue weighted by Crippen LogP contribution is 1.80. The molecule has 2 nitrogen and oxygen atoms in total. The van der Waals surface area contributed by atoms with Gasteiger partial charge in [0.1, 0.15) is 0 Å². The molecule has 0 unspecified atom stereocenters. The van der Waals surface area contributed by atoms with Crippen molar-refractivity contribution in [2.24, 2.45) is 0 Å². The summed E-state index contributed by atoms with van der Waals surface area (Å²) in [6.45, 7) is 0. The predicted molar refractivity (Wildman–Crippen MR) is 28.9 cm³/mol. The Morgan fingerprint density at radius 3 is 2.71 bits per heavy atom. The summed E-state index contributed by atoms with van der Waals surface area (Å²) in [7, 11) is 0.